The average Bonchev–Trinajstić information content (AvgIpc) is 2.25. The lowest BCUT2D eigenvalue weighted by Crippen LogP contribution is -2.01. The Kier molecular flexibility index (Phi) is 5.52. The van der Waals surface area contributed by atoms with Crippen molar-refractivity contribution >= 4 is 73.5 Å². The predicted octanol–water partition coefficient (Wildman–Crippen LogP) is 4.80. The zero-order chi connectivity index (χ0) is 14.0. The van der Waals surface area contributed by atoms with E-state index in [0.717, 1.165) is 22.0 Å². The van der Waals surface area contributed by atoms with Crippen LogP contribution in [0.25, 0.3) is 0 Å². The molecule has 0 aliphatic carbocycles. The smallest absolute Gasteiger partial charge is 0.146 e. The van der Waals surface area contributed by atoms with E-state index in [1.807, 2.05) is 12.1 Å². The highest BCUT2D eigenvalue weighted by Gasteiger charge is 2.09. The number of anilines is 1. The Labute approximate surface area is 151 Å². The summed E-state index contributed by atoms with van der Waals surface area (Å²) in [6.45, 7) is 0.300. The molecule has 2 aromatic rings. The van der Waals surface area contributed by atoms with E-state index in [2.05, 4.69) is 67.8 Å². The number of halogens is 4. The number of ether oxygens (including phenoxy) is 1. The van der Waals surface area contributed by atoms with Crippen LogP contribution in [0.3, 0.4) is 0 Å². The fourth-order valence-corrected chi connectivity index (χ4v) is 5.48. The highest BCUT2D eigenvalue weighted by molar-refractivity contribution is 14.1. The molecule has 100 valence electrons. The third-order valence-electron chi connectivity index (χ3n) is 2.33. The lowest BCUT2D eigenvalue weighted by molar-refractivity contribution is 0.301. The summed E-state index contributed by atoms with van der Waals surface area (Å²) in [6, 6.07) is 8.53. The molecule has 6 heteroatoms. The number of hydrogen-bond donors (Lipinski definition) is 1. The molecule has 2 N–H and O–H groups in total. The van der Waals surface area contributed by atoms with E-state index in [-0.39, 0.29) is 5.82 Å². The van der Waals surface area contributed by atoms with Crippen LogP contribution < -0.4 is 10.5 Å². The second kappa shape index (κ2) is 6.74. The van der Waals surface area contributed by atoms with Crippen molar-refractivity contribution in [2.45, 2.75) is 6.61 Å². The Hall–Kier alpha value is 0.160. The van der Waals surface area contributed by atoms with Crippen molar-refractivity contribution in [3.63, 3.8) is 0 Å². The number of benzene rings is 2. The SMILES string of the molecule is Nc1cc(F)cc(COc2c(I)cc(I)cc2I)c1. The van der Waals surface area contributed by atoms with Crippen LogP contribution in [-0.2, 0) is 6.61 Å². The van der Waals surface area contributed by atoms with E-state index >= 15 is 0 Å². The van der Waals surface area contributed by atoms with Gasteiger partial charge in [0, 0.05) is 9.26 Å². The first-order valence-corrected chi connectivity index (χ1v) is 8.51. The minimum atomic E-state index is -0.342. The zero-order valence-electron chi connectivity index (χ0n) is 9.59. The van der Waals surface area contributed by atoms with Crippen molar-refractivity contribution < 1.29 is 9.13 Å². The average molecular weight is 595 g/mol. The van der Waals surface area contributed by atoms with Crippen LogP contribution in [0.1, 0.15) is 5.56 Å². The van der Waals surface area contributed by atoms with Crippen molar-refractivity contribution in [2.24, 2.45) is 0 Å². The van der Waals surface area contributed by atoms with Gasteiger partial charge in [0.05, 0.1) is 7.14 Å². The van der Waals surface area contributed by atoms with Crippen LogP contribution in [0.4, 0.5) is 10.1 Å². The highest BCUT2D eigenvalue weighted by atomic mass is 127. The lowest BCUT2D eigenvalue weighted by Gasteiger charge is -2.11. The zero-order valence-corrected chi connectivity index (χ0v) is 16.1. The summed E-state index contributed by atoms with van der Waals surface area (Å²) in [5.41, 5.74) is 6.74. The summed E-state index contributed by atoms with van der Waals surface area (Å²) in [7, 11) is 0. The molecule has 0 unspecified atom stereocenters. The molecule has 2 nitrogen and oxygen atoms in total. The first-order valence-electron chi connectivity index (χ1n) is 5.28. The molecule has 0 saturated carbocycles. The quantitative estimate of drug-likeness (QED) is 0.410. The van der Waals surface area contributed by atoms with Gasteiger partial charge in [0.25, 0.3) is 0 Å². The summed E-state index contributed by atoms with van der Waals surface area (Å²) >= 11 is 6.73. The number of hydrogen-bond acceptors (Lipinski definition) is 2. The molecular weight excluding hydrogens is 586 g/mol. The maximum Gasteiger partial charge on any atom is 0.146 e. The first kappa shape index (κ1) is 15.5. The molecule has 0 fully saturated rings. The van der Waals surface area contributed by atoms with Crippen LogP contribution in [0.2, 0.25) is 0 Å². The van der Waals surface area contributed by atoms with Gasteiger partial charge in [-0.3, -0.25) is 0 Å². The molecule has 2 rings (SSSR count). The van der Waals surface area contributed by atoms with E-state index in [4.69, 9.17) is 10.5 Å². The molecular formula is C13H9FI3NO. The molecule has 0 aromatic heterocycles. The fraction of sp³-hybridized carbons (Fsp3) is 0.0769. The Bertz CT molecular complexity index is 576. The third-order valence-corrected chi connectivity index (χ3v) is 4.55. The second-order valence-electron chi connectivity index (χ2n) is 3.88. The predicted molar refractivity (Wildman–Crippen MR) is 99.7 cm³/mol. The first-order chi connectivity index (χ1) is 8.95. The molecule has 0 amide bonds. The number of nitrogens with two attached hydrogens (primary N) is 1. The van der Waals surface area contributed by atoms with E-state index in [1.54, 1.807) is 6.07 Å². The molecule has 0 radical (unpaired) electrons. The van der Waals surface area contributed by atoms with Crippen LogP contribution in [0.5, 0.6) is 5.75 Å². The van der Waals surface area contributed by atoms with Crippen molar-refractivity contribution in [2.75, 3.05) is 5.73 Å². The van der Waals surface area contributed by atoms with Crippen LogP contribution in [0.15, 0.2) is 30.3 Å². The van der Waals surface area contributed by atoms with E-state index in [0.29, 0.717) is 12.3 Å². The number of rotatable bonds is 3. The standard InChI is InChI=1S/C13H9FI3NO/c14-8-1-7(2-10(18)3-8)6-19-13-11(16)4-9(15)5-12(13)17/h1-5H,6,18H2. The minimum absolute atomic E-state index is 0.300. The van der Waals surface area contributed by atoms with Gasteiger partial charge in [0.15, 0.2) is 0 Å². The van der Waals surface area contributed by atoms with E-state index < -0.39 is 0 Å². The molecule has 0 bridgehead atoms. The van der Waals surface area contributed by atoms with Gasteiger partial charge in [0.2, 0.25) is 0 Å². The molecule has 0 heterocycles. The molecule has 19 heavy (non-hydrogen) atoms. The lowest BCUT2D eigenvalue weighted by atomic mass is 10.2. The highest BCUT2D eigenvalue weighted by Crippen LogP contribution is 2.30. The van der Waals surface area contributed by atoms with Crippen molar-refractivity contribution in [1.82, 2.24) is 0 Å². The molecule has 0 atom stereocenters. The van der Waals surface area contributed by atoms with Crippen LogP contribution >= 0.6 is 67.8 Å². The fourth-order valence-electron chi connectivity index (χ4n) is 1.58. The van der Waals surface area contributed by atoms with Gasteiger partial charge in [-0.2, -0.15) is 0 Å². The topological polar surface area (TPSA) is 35.2 Å². The molecule has 2 aromatic carbocycles. The Morgan fingerprint density at radius 1 is 1.00 bits per heavy atom. The van der Waals surface area contributed by atoms with Crippen molar-refractivity contribution in [3.8, 4) is 5.75 Å². The van der Waals surface area contributed by atoms with Gasteiger partial charge in [0.1, 0.15) is 18.2 Å². The number of nitrogen functional groups attached to an aromatic ring is 1. The van der Waals surface area contributed by atoms with E-state index in [1.165, 1.54) is 12.1 Å². The van der Waals surface area contributed by atoms with Crippen molar-refractivity contribution in [1.29, 1.82) is 0 Å². The van der Waals surface area contributed by atoms with Gasteiger partial charge < -0.3 is 10.5 Å². The summed E-state index contributed by atoms with van der Waals surface area (Å²) in [6.07, 6.45) is 0. The van der Waals surface area contributed by atoms with Gasteiger partial charge >= 0.3 is 0 Å². The molecule has 0 saturated heterocycles. The largest absolute Gasteiger partial charge is 0.487 e. The molecule has 0 aliphatic rings. The Balaban J connectivity index is 2.19. The maximum absolute atomic E-state index is 13.2. The Morgan fingerprint density at radius 2 is 1.63 bits per heavy atom. The van der Waals surface area contributed by atoms with Gasteiger partial charge in [-0.25, -0.2) is 4.39 Å². The summed E-state index contributed by atoms with van der Waals surface area (Å²) in [5.74, 6) is 0.482. The summed E-state index contributed by atoms with van der Waals surface area (Å²) in [4.78, 5) is 0. The van der Waals surface area contributed by atoms with Crippen LogP contribution in [-0.4, -0.2) is 0 Å². The van der Waals surface area contributed by atoms with Gasteiger partial charge in [-0.1, -0.05) is 0 Å². The van der Waals surface area contributed by atoms with Crippen molar-refractivity contribution in [3.05, 3.63) is 52.4 Å². The summed E-state index contributed by atoms with van der Waals surface area (Å²) < 4.78 is 22.2. The van der Waals surface area contributed by atoms with Gasteiger partial charge in [-0.15, -0.1) is 0 Å². The van der Waals surface area contributed by atoms with Crippen LogP contribution in [0, 0.1) is 16.5 Å². The molecule has 0 aliphatic heterocycles. The monoisotopic (exact) mass is 595 g/mol. The van der Waals surface area contributed by atoms with E-state index in [9.17, 15) is 4.39 Å². The molecule has 0 spiro atoms. The maximum atomic E-state index is 13.2. The minimum Gasteiger partial charge on any atom is -0.487 e. The Morgan fingerprint density at radius 3 is 2.21 bits per heavy atom. The normalized spacial score (nSPS) is 10.5. The van der Waals surface area contributed by atoms with Gasteiger partial charge in [-0.05, 0) is 104 Å². The third kappa shape index (κ3) is 4.31. The second-order valence-corrected chi connectivity index (χ2v) is 7.45. The summed E-state index contributed by atoms with van der Waals surface area (Å²) in [5, 5.41) is 0.